The van der Waals surface area contributed by atoms with E-state index in [1.54, 1.807) is 0 Å². The fraction of sp³-hybridized carbons (Fsp3) is 0.333. The standard InChI is InChI=1S/C9H9ClI3NO2S/c10-2-1-3-17(15,16)14-9-7(12)4-6(11)5-8(9)13/h4-5,14H,1-3H2. The number of nitrogens with one attached hydrogen (secondary N) is 1. The second-order valence-electron chi connectivity index (χ2n) is 3.21. The van der Waals surface area contributed by atoms with E-state index in [-0.39, 0.29) is 5.75 Å². The monoisotopic (exact) mass is 611 g/mol. The van der Waals surface area contributed by atoms with Crippen LogP contribution in [0.5, 0.6) is 0 Å². The van der Waals surface area contributed by atoms with Crippen LogP contribution in [0, 0.1) is 10.7 Å². The summed E-state index contributed by atoms with van der Waals surface area (Å²) in [6, 6.07) is 3.87. The summed E-state index contributed by atoms with van der Waals surface area (Å²) in [5.74, 6) is 0.399. The average molecular weight is 611 g/mol. The van der Waals surface area contributed by atoms with Crippen LogP contribution >= 0.6 is 79.4 Å². The van der Waals surface area contributed by atoms with E-state index in [9.17, 15) is 8.42 Å². The largest absolute Gasteiger partial charge is 0.281 e. The van der Waals surface area contributed by atoms with Crippen LogP contribution in [0.4, 0.5) is 5.69 Å². The van der Waals surface area contributed by atoms with E-state index < -0.39 is 10.0 Å². The first-order valence-electron chi connectivity index (χ1n) is 4.57. The highest BCUT2D eigenvalue weighted by Gasteiger charge is 2.14. The lowest BCUT2D eigenvalue weighted by Crippen LogP contribution is -2.18. The molecule has 17 heavy (non-hydrogen) atoms. The van der Waals surface area contributed by atoms with Gasteiger partial charge in [-0.1, -0.05) is 0 Å². The molecule has 96 valence electrons. The lowest BCUT2D eigenvalue weighted by molar-refractivity contribution is 0.600. The third-order valence-electron chi connectivity index (χ3n) is 1.81. The molecule has 8 heteroatoms. The molecule has 0 aliphatic rings. The minimum absolute atomic E-state index is 0.0502. The summed E-state index contributed by atoms with van der Waals surface area (Å²) in [4.78, 5) is 0. The van der Waals surface area contributed by atoms with Gasteiger partial charge in [0.05, 0.1) is 11.4 Å². The Hall–Kier alpha value is 1.45. The molecule has 0 radical (unpaired) electrons. The van der Waals surface area contributed by atoms with Gasteiger partial charge in [-0.05, 0) is 86.3 Å². The molecule has 0 bridgehead atoms. The van der Waals surface area contributed by atoms with Crippen molar-refractivity contribution in [3.05, 3.63) is 22.8 Å². The number of hydrogen-bond donors (Lipinski definition) is 1. The Morgan fingerprint density at radius 2 is 1.71 bits per heavy atom. The molecule has 0 aliphatic heterocycles. The van der Waals surface area contributed by atoms with E-state index in [1.165, 1.54) is 0 Å². The Labute approximate surface area is 147 Å². The van der Waals surface area contributed by atoms with Gasteiger partial charge in [0.2, 0.25) is 10.0 Å². The minimum atomic E-state index is -3.30. The number of benzene rings is 1. The summed E-state index contributed by atoms with van der Waals surface area (Å²) in [5.41, 5.74) is 0.654. The fourth-order valence-corrected chi connectivity index (χ4v) is 6.76. The van der Waals surface area contributed by atoms with E-state index in [0.29, 0.717) is 18.0 Å². The van der Waals surface area contributed by atoms with Crippen molar-refractivity contribution in [3.63, 3.8) is 0 Å². The first-order valence-corrected chi connectivity index (χ1v) is 9.99. The van der Waals surface area contributed by atoms with Gasteiger partial charge in [-0.3, -0.25) is 4.72 Å². The summed E-state index contributed by atoms with van der Waals surface area (Å²) in [6.45, 7) is 0. The van der Waals surface area contributed by atoms with Crippen molar-refractivity contribution < 1.29 is 8.42 Å². The van der Waals surface area contributed by atoms with Crippen LogP contribution < -0.4 is 4.72 Å². The molecule has 1 aromatic rings. The molecule has 0 saturated carbocycles. The van der Waals surface area contributed by atoms with Crippen molar-refractivity contribution in [2.45, 2.75) is 6.42 Å². The molecule has 1 aromatic carbocycles. The molecule has 0 saturated heterocycles. The molecule has 0 aromatic heterocycles. The summed E-state index contributed by atoms with van der Waals surface area (Å²) in [7, 11) is -3.30. The van der Waals surface area contributed by atoms with E-state index in [0.717, 1.165) is 10.7 Å². The van der Waals surface area contributed by atoms with Crippen LogP contribution in [-0.4, -0.2) is 20.1 Å². The van der Waals surface area contributed by atoms with E-state index in [4.69, 9.17) is 11.6 Å². The molecular formula is C9H9ClI3NO2S. The summed E-state index contributed by atoms with van der Waals surface area (Å²) in [6.07, 6.45) is 0.453. The second-order valence-corrected chi connectivity index (χ2v) is 9.00. The van der Waals surface area contributed by atoms with E-state index >= 15 is 0 Å². The van der Waals surface area contributed by atoms with Gasteiger partial charge in [0.1, 0.15) is 0 Å². The predicted molar refractivity (Wildman–Crippen MR) is 97.3 cm³/mol. The maximum atomic E-state index is 11.8. The third kappa shape index (κ3) is 5.53. The predicted octanol–water partition coefficient (Wildman–Crippen LogP) is 3.87. The zero-order chi connectivity index (χ0) is 13.1. The zero-order valence-corrected chi connectivity index (χ0v) is 16.6. The lowest BCUT2D eigenvalue weighted by Gasteiger charge is -2.11. The van der Waals surface area contributed by atoms with Crippen molar-refractivity contribution in [3.8, 4) is 0 Å². The van der Waals surface area contributed by atoms with Gasteiger partial charge in [-0.2, -0.15) is 0 Å². The van der Waals surface area contributed by atoms with Gasteiger partial charge in [-0.25, -0.2) is 8.42 Å². The zero-order valence-electron chi connectivity index (χ0n) is 8.51. The van der Waals surface area contributed by atoms with Gasteiger partial charge < -0.3 is 0 Å². The van der Waals surface area contributed by atoms with Crippen LogP contribution in [0.2, 0.25) is 0 Å². The van der Waals surface area contributed by atoms with Gasteiger partial charge in [0, 0.05) is 16.6 Å². The molecule has 3 nitrogen and oxygen atoms in total. The number of hydrogen-bond acceptors (Lipinski definition) is 2. The number of halogens is 4. The van der Waals surface area contributed by atoms with Gasteiger partial charge in [-0.15, -0.1) is 11.6 Å². The van der Waals surface area contributed by atoms with Gasteiger partial charge >= 0.3 is 0 Å². The van der Waals surface area contributed by atoms with Crippen LogP contribution in [0.25, 0.3) is 0 Å². The lowest BCUT2D eigenvalue weighted by atomic mass is 10.3. The average Bonchev–Trinajstić information content (AvgIpc) is 2.21. The Kier molecular flexibility index (Phi) is 7.08. The molecule has 0 aliphatic carbocycles. The topological polar surface area (TPSA) is 46.2 Å². The second kappa shape index (κ2) is 7.29. The molecule has 0 atom stereocenters. The van der Waals surface area contributed by atoms with Crippen LogP contribution in [0.15, 0.2) is 12.1 Å². The van der Waals surface area contributed by atoms with Crippen molar-refractivity contribution in [2.24, 2.45) is 0 Å². The first kappa shape index (κ1) is 16.5. The molecule has 0 unspecified atom stereocenters. The Balaban J connectivity index is 2.96. The highest BCUT2D eigenvalue weighted by Crippen LogP contribution is 2.28. The van der Waals surface area contributed by atoms with Crippen molar-refractivity contribution >= 4 is 95.1 Å². The number of anilines is 1. The fourth-order valence-electron chi connectivity index (χ4n) is 1.09. The number of rotatable bonds is 5. The molecule has 1 N–H and O–H groups in total. The highest BCUT2D eigenvalue weighted by atomic mass is 127. The maximum absolute atomic E-state index is 11.8. The summed E-state index contributed by atoms with van der Waals surface area (Å²) < 4.78 is 29.0. The number of alkyl halides is 1. The van der Waals surface area contributed by atoms with Crippen molar-refractivity contribution in [1.29, 1.82) is 0 Å². The molecule has 0 heterocycles. The summed E-state index contributed by atoms with van der Waals surface area (Å²) >= 11 is 12.0. The Bertz CT molecular complexity index is 484. The van der Waals surface area contributed by atoms with E-state index in [2.05, 4.69) is 72.5 Å². The quantitative estimate of drug-likeness (QED) is 0.406. The van der Waals surface area contributed by atoms with Crippen LogP contribution in [0.3, 0.4) is 0 Å². The van der Waals surface area contributed by atoms with Crippen molar-refractivity contribution in [2.75, 3.05) is 16.4 Å². The molecule has 0 amide bonds. The molecule has 1 rings (SSSR count). The summed E-state index contributed by atoms with van der Waals surface area (Å²) in [5, 5.41) is 0. The Morgan fingerprint density at radius 3 is 2.18 bits per heavy atom. The molecular weight excluding hydrogens is 602 g/mol. The van der Waals surface area contributed by atoms with Crippen molar-refractivity contribution in [1.82, 2.24) is 0 Å². The van der Waals surface area contributed by atoms with Crippen LogP contribution in [0.1, 0.15) is 6.42 Å². The minimum Gasteiger partial charge on any atom is -0.281 e. The third-order valence-corrected chi connectivity index (χ3v) is 5.74. The molecule has 0 fully saturated rings. The normalized spacial score (nSPS) is 11.5. The first-order chi connectivity index (χ1) is 7.85. The SMILES string of the molecule is O=S(=O)(CCCCl)Nc1c(I)cc(I)cc1I. The molecule has 0 spiro atoms. The van der Waals surface area contributed by atoms with Crippen LogP contribution in [-0.2, 0) is 10.0 Å². The Morgan fingerprint density at radius 1 is 1.18 bits per heavy atom. The number of sulfonamides is 1. The maximum Gasteiger partial charge on any atom is 0.232 e. The highest BCUT2D eigenvalue weighted by molar-refractivity contribution is 14.1. The van der Waals surface area contributed by atoms with Gasteiger partial charge in [0.15, 0.2) is 0 Å². The van der Waals surface area contributed by atoms with Gasteiger partial charge in [0.25, 0.3) is 0 Å². The smallest absolute Gasteiger partial charge is 0.232 e. The van der Waals surface area contributed by atoms with E-state index in [1.807, 2.05) is 12.1 Å².